The predicted octanol–water partition coefficient (Wildman–Crippen LogP) is 4.93. The summed E-state index contributed by atoms with van der Waals surface area (Å²) in [6.45, 7) is 1.91. The fraction of sp³-hybridized carbons (Fsp3) is 0.211. The number of nitrogens with one attached hydrogen (secondary N) is 1. The fourth-order valence-electron chi connectivity index (χ4n) is 2.39. The molecule has 0 radical (unpaired) electrons. The summed E-state index contributed by atoms with van der Waals surface area (Å²) in [6, 6.07) is 15.8. The molecule has 1 aromatic heterocycles. The number of hydrogen-bond acceptors (Lipinski definition) is 3. The minimum absolute atomic E-state index is 0.0300. The zero-order chi connectivity index (χ0) is 16.9. The van der Waals surface area contributed by atoms with Crippen LogP contribution in [0.2, 0.25) is 0 Å². The normalized spacial score (nSPS) is 12.2. The highest BCUT2D eigenvalue weighted by molar-refractivity contribution is 7.99. The van der Waals surface area contributed by atoms with Crippen LogP contribution in [-0.2, 0) is 4.79 Å². The standard InChI is InChI=1S/C19H18FNO2S/c1-13(18-12-14-4-2-3-5-17(14)23-18)21-19(22)10-11-24-16-8-6-15(20)7-9-16/h2-9,12-13H,10-11H2,1H3,(H,21,22)/t13-/m1/s1. The number of hydrogen-bond donors (Lipinski definition) is 1. The first kappa shape index (κ1) is 16.6. The van der Waals surface area contributed by atoms with Crippen LogP contribution >= 0.6 is 11.8 Å². The number of halogens is 1. The molecular formula is C19H18FNO2S. The first-order chi connectivity index (χ1) is 11.6. The van der Waals surface area contributed by atoms with Gasteiger partial charge in [0.2, 0.25) is 5.91 Å². The molecular weight excluding hydrogens is 325 g/mol. The molecule has 5 heteroatoms. The fourth-order valence-corrected chi connectivity index (χ4v) is 3.24. The van der Waals surface area contributed by atoms with E-state index in [1.807, 2.05) is 37.3 Å². The van der Waals surface area contributed by atoms with Gasteiger partial charge in [-0.25, -0.2) is 4.39 Å². The molecule has 0 saturated heterocycles. The van der Waals surface area contributed by atoms with E-state index < -0.39 is 0 Å². The summed E-state index contributed by atoms with van der Waals surface area (Å²) in [7, 11) is 0. The summed E-state index contributed by atoms with van der Waals surface area (Å²) < 4.78 is 18.6. The zero-order valence-corrected chi connectivity index (χ0v) is 14.1. The lowest BCUT2D eigenvalue weighted by molar-refractivity contribution is -0.121. The Balaban J connectivity index is 1.49. The van der Waals surface area contributed by atoms with Gasteiger partial charge in [-0.05, 0) is 43.3 Å². The van der Waals surface area contributed by atoms with Crippen LogP contribution in [0.4, 0.5) is 4.39 Å². The lowest BCUT2D eigenvalue weighted by Crippen LogP contribution is -2.26. The Morgan fingerprint density at radius 3 is 2.71 bits per heavy atom. The van der Waals surface area contributed by atoms with Gasteiger partial charge in [0, 0.05) is 22.5 Å². The third-order valence-corrected chi connectivity index (χ3v) is 4.67. The second kappa shape index (κ2) is 7.53. The van der Waals surface area contributed by atoms with Crippen molar-refractivity contribution in [1.29, 1.82) is 0 Å². The minimum Gasteiger partial charge on any atom is -0.459 e. The van der Waals surface area contributed by atoms with Crippen LogP contribution in [0.3, 0.4) is 0 Å². The van der Waals surface area contributed by atoms with Gasteiger partial charge in [-0.1, -0.05) is 18.2 Å². The molecule has 24 heavy (non-hydrogen) atoms. The summed E-state index contributed by atoms with van der Waals surface area (Å²) in [5, 5.41) is 3.97. The molecule has 0 aliphatic carbocycles. The smallest absolute Gasteiger partial charge is 0.221 e. The van der Waals surface area contributed by atoms with Gasteiger partial charge in [0.25, 0.3) is 0 Å². The van der Waals surface area contributed by atoms with E-state index in [2.05, 4.69) is 5.32 Å². The van der Waals surface area contributed by atoms with Gasteiger partial charge in [0.05, 0.1) is 6.04 Å². The molecule has 0 unspecified atom stereocenters. The Hall–Kier alpha value is -2.27. The third-order valence-electron chi connectivity index (χ3n) is 3.66. The summed E-state index contributed by atoms with van der Waals surface area (Å²) in [5.41, 5.74) is 0.820. The molecule has 3 aromatic rings. The Bertz CT molecular complexity index is 796. The first-order valence-electron chi connectivity index (χ1n) is 7.78. The number of benzene rings is 2. The maximum atomic E-state index is 12.8. The Kier molecular flexibility index (Phi) is 5.20. The van der Waals surface area contributed by atoms with E-state index in [4.69, 9.17) is 4.42 Å². The van der Waals surface area contributed by atoms with Crippen molar-refractivity contribution in [3.63, 3.8) is 0 Å². The molecule has 124 valence electrons. The average Bonchev–Trinajstić information content (AvgIpc) is 3.01. The van der Waals surface area contributed by atoms with Crippen LogP contribution in [0.25, 0.3) is 11.0 Å². The number of rotatable bonds is 6. The second-order valence-corrected chi connectivity index (χ2v) is 6.70. The summed E-state index contributed by atoms with van der Waals surface area (Å²) in [6.07, 6.45) is 0.395. The number of furan rings is 1. The summed E-state index contributed by atoms with van der Waals surface area (Å²) in [5.74, 6) is 1.11. The van der Waals surface area contributed by atoms with Crippen molar-refractivity contribution >= 4 is 28.6 Å². The second-order valence-electron chi connectivity index (χ2n) is 5.53. The Morgan fingerprint density at radius 1 is 1.21 bits per heavy atom. The highest BCUT2D eigenvalue weighted by Crippen LogP contribution is 2.24. The maximum absolute atomic E-state index is 12.8. The van der Waals surface area contributed by atoms with E-state index in [-0.39, 0.29) is 17.8 Å². The summed E-state index contributed by atoms with van der Waals surface area (Å²) >= 11 is 1.53. The number of fused-ring (bicyclic) bond motifs is 1. The highest BCUT2D eigenvalue weighted by Gasteiger charge is 2.14. The van der Waals surface area contributed by atoms with Crippen molar-refractivity contribution in [2.45, 2.75) is 24.3 Å². The number of thioether (sulfide) groups is 1. The van der Waals surface area contributed by atoms with E-state index in [0.29, 0.717) is 12.2 Å². The molecule has 1 atom stereocenters. The highest BCUT2D eigenvalue weighted by atomic mass is 32.2. The predicted molar refractivity (Wildman–Crippen MR) is 94.5 cm³/mol. The van der Waals surface area contributed by atoms with Crippen LogP contribution in [-0.4, -0.2) is 11.7 Å². The van der Waals surface area contributed by atoms with Gasteiger partial charge in [-0.3, -0.25) is 4.79 Å². The van der Waals surface area contributed by atoms with Crippen molar-refractivity contribution in [2.24, 2.45) is 0 Å². The van der Waals surface area contributed by atoms with Crippen molar-refractivity contribution in [1.82, 2.24) is 5.32 Å². The van der Waals surface area contributed by atoms with Gasteiger partial charge in [-0.15, -0.1) is 11.8 Å². The lowest BCUT2D eigenvalue weighted by Gasteiger charge is -2.11. The van der Waals surface area contributed by atoms with Crippen LogP contribution < -0.4 is 5.32 Å². The van der Waals surface area contributed by atoms with Crippen molar-refractivity contribution in [2.75, 3.05) is 5.75 Å². The quantitative estimate of drug-likeness (QED) is 0.645. The Morgan fingerprint density at radius 2 is 1.96 bits per heavy atom. The average molecular weight is 343 g/mol. The van der Waals surface area contributed by atoms with E-state index >= 15 is 0 Å². The molecule has 0 saturated carbocycles. The molecule has 0 spiro atoms. The maximum Gasteiger partial charge on any atom is 0.221 e. The van der Waals surface area contributed by atoms with E-state index in [1.165, 1.54) is 23.9 Å². The zero-order valence-electron chi connectivity index (χ0n) is 13.3. The number of carbonyl (C=O) groups excluding carboxylic acids is 1. The molecule has 0 aliphatic heterocycles. The van der Waals surface area contributed by atoms with Crippen LogP contribution in [0.15, 0.2) is 63.9 Å². The van der Waals surface area contributed by atoms with Gasteiger partial charge >= 0.3 is 0 Å². The molecule has 3 nitrogen and oxygen atoms in total. The van der Waals surface area contributed by atoms with Gasteiger partial charge in [0.15, 0.2) is 0 Å². The monoisotopic (exact) mass is 343 g/mol. The number of para-hydroxylation sites is 1. The number of amides is 1. The largest absolute Gasteiger partial charge is 0.459 e. The molecule has 1 N–H and O–H groups in total. The van der Waals surface area contributed by atoms with Crippen LogP contribution in [0.5, 0.6) is 0 Å². The first-order valence-corrected chi connectivity index (χ1v) is 8.76. The third kappa shape index (κ3) is 4.17. The molecule has 1 amide bonds. The van der Waals surface area contributed by atoms with Crippen LogP contribution in [0.1, 0.15) is 25.1 Å². The van der Waals surface area contributed by atoms with Crippen molar-refractivity contribution in [3.8, 4) is 0 Å². The molecule has 0 fully saturated rings. The number of carbonyl (C=O) groups is 1. The summed E-state index contributed by atoms with van der Waals surface area (Å²) in [4.78, 5) is 13.0. The lowest BCUT2D eigenvalue weighted by atomic mass is 10.2. The van der Waals surface area contributed by atoms with Crippen LogP contribution in [0, 0.1) is 5.82 Å². The minimum atomic E-state index is -0.253. The topological polar surface area (TPSA) is 42.2 Å². The molecule has 2 aromatic carbocycles. The van der Waals surface area contributed by atoms with E-state index in [0.717, 1.165) is 21.6 Å². The van der Waals surface area contributed by atoms with Gasteiger partial charge < -0.3 is 9.73 Å². The van der Waals surface area contributed by atoms with Gasteiger partial charge in [-0.2, -0.15) is 0 Å². The van der Waals surface area contributed by atoms with Gasteiger partial charge in [0.1, 0.15) is 17.2 Å². The van der Waals surface area contributed by atoms with Crippen molar-refractivity contribution < 1.29 is 13.6 Å². The Labute approximate surface area is 144 Å². The van der Waals surface area contributed by atoms with E-state index in [9.17, 15) is 9.18 Å². The molecule has 3 rings (SSSR count). The SMILES string of the molecule is C[C@@H](NC(=O)CCSc1ccc(F)cc1)c1cc2ccccc2o1. The van der Waals surface area contributed by atoms with E-state index in [1.54, 1.807) is 12.1 Å². The van der Waals surface area contributed by atoms with Crippen molar-refractivity contribution in [3.05, 3.63) is 66.2 Å². The molecule has 0 aliphatic rings. The molecule has 1 heterocycles. The molecule has 0 bridgehead atoms.